The zero-order chi connectivity index (χ0) is 57.7. The number of benzene rings is 4. The number of hydrogen-bond acceptors (Lipinski definition) is 18. The van der Waals surface area contributed by atoms with Crippen molar-refractivity contribution in [2.75, 3.05) is 50.3 Å². The number of nitrogens with one attached hydrogen (secondary N) is 6. The first-order valence-corrected chi connectivity index (χ1v) is 23.7. The third kappa shape index (κ3) is 22.3. The number of hydrogen-bond donors (Lipinski definition) is 10. The van der Waals surface area contributed by atoms with Crippen molar-refractivity contribution in [1.82, 2.24) is 10.6 Å². The molecular weight excluding hydrogens is 1020 g/mol. The number of carboxylic acid groups (broad SMARTS) is 2. The normalized spacial score (nSPS) is 11.8. The quantitative estimate of drug-likeness (QED) is 0.0132. The Morgan fingerprint density at radius 1 is 0.513 bits per heavy atom. The third-order valence-corrected chi connectivity index (χ3v) is 9.64. The maximum absolute atomic E-state index is 13.8. The van der Waals surface area contributed by atoms with Gasteiger partial charge in [0.05, 0.1) is 50.4 Å². The van der Waals surface area contributed by atoms with E-state index in [4.69, 9.17) is 65.3 Å². The van der Waals surface area contributed by atoms with Gasteiger partial charge in [0.25, 0.3) is 11.8 Å². The lowest BCUT2D eigenvalue weighted by molar-refractivity contribution is -0.164. The molecule has 0 heterocycles. The Hall–Kier alpha value is -9.30. The molecule has 26 nitrogen and oxygen atoms in total. The van der Waals surface area contributed by atoms with E-state index in [1.807, 2.05) is 0 Å². The van der Waals surface area contributed by atoms with Crippen molar-refractivity contribution in [2.45, 2.75) is 77.7 Å². The van der Waals surface area contributed by atoms with Crippen molar-refractivity contribution in [1.29, 1.82) is 10.8 Å². The van der Waals surface area contributed by atoms with Crippen molar-refractivity contribution in [2.24, 2.45) is 11.5 Å². The van der Waals surface area contributed by atoms with Crippen molar-refractivity contribution >= 4 is 70.9 Å². The molecule has 0 radical (unpaired) electrons. The second-order valence-corrected chi connectivity index (χ2v) is 18.6. The first-order chi connectivity index (χ1) is 36.6. The molecule has 4 aromatic carbocycles. The molecule has 0 aromatic heterocycles. The van der Waals surface area contributed by atoms with Crippen LogP contribution in [0.1, 0.15) is 95.8 Å². The molecule has 0 unspecified atom stereocenters. The van der Waals surface area contributed by atoms with Gasteiger partial charge in [-0.25, -0.2) is 19.2 Å². The summed E-state index contributed by atoms with van der Waals surface area (Å²) in [4.78, 5) is 102. The zero-order valence-electron chi connectivity index (χ0n) is 43.5. The average Bonchev–Trinajstić information content (AvgIpc) is 3.32. The van der Waals surface area contributed by atoms with Crippen LogP contribution in [-0.4, -0.2) is 133 Å². The maximum atomic E-state index is 13.8. The molecule has 0 saturated heterocycles. The standard InChI is InChI=1S/C52H62N8O18/c1-51(2,3)77-42(63)28-40(48(70)78-52(4,5)6)60-44(65)32-22-36(26-38(24-32)76-47(69)30-9-13-34(14-10-30)58-50(55)56)74-20-18-72-16-15-71-17-19-73-35-21-31(43(64)59-39(45(66)67)27-41(61)62)23-37(25-35)75-46(68)29-7-11-33(12-8-29)57-49(53)54/h7-14,21-26,39-40H,15-20,27-28H2,1-6H3,(H,59,64)(H,60,65)(H,61,62)(H,66,67)(H4,53,54,57)(H4,55,56,58)/t39-,40-/m0/s1. The van der Waals surface area contributed by atoms with E-state index >= 15 is 0 Å². The van der Waals surface area contributed by atoms with Gasteiger partial charge in [-0.3, -0.25) is 30.0 Å². The third-order valence-electron chi connectivity index (χ3n) is 9.64. The van der Waals surface area contributed by atoms with E-state index in [1.165, 1.54) is 78.9 Å². The van der Waals surface area contributed by atoms with E-state index in [0.717, 1.165) is 6.07 Å². The molecule has 4 aromatic rings. The van der Waals surface area contributed by atoms with Gasteiger partial charge in [-0.1, -0.05) is 0 Å². The summed E-state index contributed by atoms with van der Waals surface area (Å²) in [5, 5.41) is 43.2. The van der Waals surface area contributed by atoms with Gasteiger partial charge in [-0.2, -0.15) is 0 Å². The second-order valence-electron chi connectivity index (χ2n) is 18.6. The SMILES string of the molecule is CC(C)(C)OC(=O)C[C@H](NC(=O)c1cc(OCCOCCOCCOc2cc(OC(=O)c3ccc(NC(=N)N)cc3)cc(C(=O)N[C@@H](CC(=O)O)C(=O)O)c2)cc(OC(=O)c2ccc(NC(=N)N)cc2)c1)C(=O)OC(C)(C)C. The van der Waals surface area contributed by atoms with Crippen molar-refractivity contribution in [3.05, 3.63) is 107 Å². The average molecular weight is 1090 g/mol. The summed E-state index contributed by atoms with van der Waals surface area (Å²) >= 11 is 0. The number of amides is 2. The molecule has 0 saturated carbocycles. The Morgan fingerprint density at radius 3 is 1.27 bits per heavy atom. The van der Waals surface area contributed by atoms with Crippen LogP contribution in [0.5, 0.6) is 23.0 Å². The molecule has 0 aliphatic heterocycles. The Labute approximate surface area is 447 Å². The van der Waals surface area contributed by atoms with Crippen LogP contribution in [0.3, 0.4) is 0 Å². The topological polar surface area (TPSA) is 399 Å². The minimum absolute atomic E-state index is 0.00551. The first kappa shape index (κ1) is 61.2. The molecule has 0 spiro atoms. The molecule has 2 atom stereocenters. The second kappa shape index (κ2) is 28.6. The predicted octanol–water partition coefficient (Wildman–Crippen LogP) is 4.06. The molecule has 0 aliphatic carbocycles. The summed E-state index contributed by atoms with van der Waals surface area (Å²) in [7, 11) is 0. The van der Waals surface area contributed by atoms with Crippen LogP contribution in [0.4, 0.5) is 11.4 Å². The Morgan fingerprint density at radius 2 is 0.897 bits per heavy atom. The van der Waals surface area contributed by atoms with Crippen molar-refractivity contribution in [3.8, 4) is 23.0 Å². The highest BCUT2D eigenvalue weighted by Gasteiger charge is 2.32. The predicted molar refractivity (Wildman–Crippen MR) is 278 cm³/mol. The van der Waals surface area contributed by atoms with Crippen LogP contribution >= 0.6 is 0 Å². The molecule has 2 amide bonds. The van der Waals surface area contributed by atoms with Gasteiger partial charge in [0.2, 0.25) is 0 Å². The largest absolute Gasteiger partial charge is 0.491 e. The van der Waals surface area contributed by atoms with E-state index < -0.39 is 83.8 Å². The minimum Gasteiger partial charge on any atom is -0.491 e. The molecule has 26 heteroatoms. The fraction of sp³-hybridized carbons (Fsp3) is 0.346. The van der Waals surface area contributed by atoms with E-state index in [1.54, 1.807) is 41.5 Å². The van der Waals surface area contributed by atoms with Gasteiger partial charge in [0.1, 0.15) is 59.5 Å². The number of esters is 4. The van der Waals surface area contributed by atoms with Gasteiger partial charge < -0.3 is 80.8 Å². The number of ether oxygens (including phenoxy) is 8. The highest BCUT2D eigenvalue weighted by molar-refractivity contribution is 6.00. The fourth-order valence-electron chi connectivity index (χ4n) is 6.45. The van der Waals surface area contributed by atoms with Crippen LogP contribution in [0.25, 0.3) is 0 Å². The first-order valence-electron chi connectivity index (χ1n) is 23.7. The fourth-order valence-corrected chi connectivity index (χ4v) is 6.45. The lowest BCUT2D eigenvalue weighted by atomic mass is 10.1. The molecule has 0 aliphatic rings. The van der Waals surface area contributed by atoms with Gasteiger partial charge >= 0.3 is 35.8 Å². The number of carbonyl (C=O) groups is 8. The van der Waals surface area contributed by atoms with Crippen molar-refractivity contribution in [3.63, 3.8) is 0 Å². The van der Waals surface area contributed by atoms with Gasteiger partial charge in [0.15, 0.2) is 11.9 Å². The van der Waals surface area contributed by atoms with E-state index in [2.05, 4.69) is 21.3 Å². The Kier molecular flexibility index (Phi) is 22.4. The summed E-state index contributed by atoms with van der Waals surface area (Å²) < 4.78 is 44.8. The lowest BCUT2D eigenvalue weighted by Crippen LogP contribution is -2.46. The van der Waals surface area contributed by atoms with Gasteiger partial charge in [-0.15, -0.1) is 0 Å². The van der Waals surface area contributed by atoms with Gasteiger partial charge in [0, 0.05) is 34.6 Å². The summed E-state index contributed by atoms with van der Waals surface area (Å²) in [6.07, 6.45) is -1.48. The minimum atomic E-state index is -1.79. The number of aliphatic carboxylic acids is 2. The molecule has 0 fully saturated rings. The van der Waals surface area contributed by atoms with E-state index in [-0.39, 0.29) is 96.8 Å². The molecule has 12 N–H and O–H groups in total. The molecule has 4 rings (SSSR count). The Bertz CT molecular complexity index is 2830. The molecule has 78 heavy (non-hydrogen) atoms. The van der Waals surface area contributed by atoms with Crippen LogP contribution in [0.2, 0.25) is 0 Å². The molecular formula is C52H62N8O18. The molecule has 0 bridgehead atoms. The number of anilines is 2. The monoisotopic (exact) mass is 1090 g/mol. The van der Waals surface area contributed by atoms with E-state index in [9.17, 15) is 43.5 Å². The number of guanidine groups is 2. The van der Waals surface area contributed by atoms with Crippen LogP contribution in [0.15, 0.2) is 84.9 Å². The van der Waals surface area contributed by atoms with Gasteiger partial charge in [-0.05, 0) is 114 Å². The summed E-state index contributed by atoms with van der Waals surface area (Å²) in [6, 6.07) is 15.8. The lowest BCUT2D eigenvalue weighted by Gasteiger charge is -2.26. The summed E-state index contributed by atoms with van der Waals surface area (Å²) in [6.45, 7) is 9.67. The van der Waals surface area contributed by atoms with Crippen LogP contribution in [-0.2, 0) is 38.1 Å². The van der Waals surface area contributed by atoms with Crippen molar-refractivity contribution < 1.29 is 86.5 Å². The van der Waals surface area contributed by atoms with Crippen LogP contribution in [0, 0.1) is 10.8 Å². The maximum Gasteiger partial charge on any atom is 0.343 e. The highest BCUT2D eigenvalue weighted by atomic mass is 16.6. The molecule has 418 valence electrons. The van der Waals surface area contributed by atoms with E-state index in [0.29, 0.717) is 11.4 Å². The van der Waals surface area contributed by atoms with Crippen LogP contribution < -0.4 is 51.7 Å². The zero-order valence-corrected chi connectivity index (χ0v) is 43.5. The number of carboxylic acids is 2. The Balaban J connectivity index is 1.39. The smallest absolute Gasteiger partial charge is 0.343 e. The number of rotatable bonds is 27. The summed E-state index contributed by atoms with van der Waals surface area (Å²) in [5.41, 5.74) is 9.53. The number of nitrogens with two attached hydrogens (primary N) is 2. The summed E-state index contributed by atoms with van der Waals surface area (Å²) in [5.74, 6) is -9.22. The number of carbonyl (C=O) groups excluding carboxylic acids is 6. The highest BCUT2D eigenvalue weighted by Crippen LogP contribution is 2.27.